The molecule has 160 valence electrons. The smallest absolute Gasteiger partial charge is 0.333 e. The molecule has 6 nitrogen and oxygen atoms in total. The maximum Gasteiger partial charge on any atom is 0.333 e. The summed E-state index contributed by atoms with van der Waals surface area (Å²) >= 11 is 0. The van der Waals surface area contributed by atoms with Gasteiger partial charge in [0, 0.05) is 13.0 Å². The number of carboxylic acids is 1. The molecule has 0 aliphatic carbocycles. The molecule has 3 aromatic rings. The van der Waals surface area contributed by atoms with Gasteiger partial charge >= 0.3 is 5.97 Å². The number of rotatable bonds is 9. The van der Waals surface area contributed by atoms with E-state index in [1.807, 2.05) is 36.4 Å². The lowest BCUT2D eigenvalue weighted by atomic mass is 10.1. The first kappa shape index (κ1) is 18.3. The Balaban J connectivity index is 1.43. The van der Waals surface area contributed by atoms with Crippen LogP contribution in [0.2, 0.25) is 0 Å². The summed E-state index contributed by atoms with van der Waals surface area (Å²) in [6, 6.07) is 18.5. The van der Waals surface area contributed by atoms with Crippen LogP contribution in [0.1, 0.15) is 15.2 Å². The van der Waals surface area contributed by atoms with Crippen LogP contribution in [0.5, 0.6) is 17.2 Å². The van der Waals surface area contributed by atoms with Crippen LogP contribution in [-0.4, -0.2) is 36.9 Å². The summed E-state index contributed by atoms with van der Waals surface area (Å²) < 4.78 is 32.9. The van der Waals surface area contributed by atoms with Gasteiger partial charge in [0.1, 0.15) is 12.4 Å². The van der Waals surface area contributed by atoms with Crippen molar-refractivity contribution in [3.63, 3.8) is 0 Å². The van der Waals surface area contributed by atoms with Crippen molar-refractivity contribution in [3.05, 3.63) is 78.3 Å². The van der Waals surface area contributed by atoms with Crippen LogP contribution in [0.15, 0.2) is 72.7 Å². The molecule has 0 amide bonds. The van der Waals surface area contributed by atoms with Crippen molar-refractivity contribution in [1.29, 1.82) is 0 Å². The van der Waals surface area contributed by atoms with Gasteiger partial charge in [0.15, 0.2) is 17.6 Å². The van der Waals surface area contributed by atoms with Gasteiger partial charge in [0.05, 0.1) is 20.7 Å². The Labute approximate surface area is 184 Å². The first-order valence-electron chi connectivity index (χ1n) is 11.2. The Hall–Kier alpha value is -3.51. The van der Waals surface area contributed by atoms with Gasteiger partial charge in [0.25, 0.3) is 0 Å². The summed E-state index contributed by atoms with van der Waals surface area (Å²) in [6.07, 6.45) is -0.572. The van der Waals surface area contributed by atoms with E-state index in [2.05, 4.69) is 4.90 Å². The molecule has 1 N–H and O–H groups in total. The number of ether oxygens (including phenoxy) is 3. The largest absolute Gasteiger partial charge is 0.492 e. The van der Waals surface area contributed by atoms with Crippen LogP contribution >= 0.6 is 0 Å². The fourth-order valence-corrected chi connectivity index (χ4v) is 3.52. The number of para-hydroxylation sites is 4. The Morgan fingerprint density at radius 1 is 1.06 bits per heavy atom. The highest BCUT2D eigenvalue weighted by Gasteiger charge is 2.23. The molecule has 31 heavy (non-hydrogen) atoms. The van der Waals surface area contributed by atoms with Crippen LogP contribution in [-0.2, 0) is 16.0 Å². The molecule has 1 aliphatic rings. The lowest BCUT2D eigenvalue weighted by molar-refractivity contribution is -0.149. The molecule has 0 saturated heterocycles. The van der Waals surface area contributed by atoms with Crippen LogP contribution in [0, 0.1) is 0 Å². The van der Waals surface area contributed by atoms with E-state index in [9.17, 15) is 9.90 Å². The summed E-state index contributed by atoms with van der Waals surface area (Å²) in [4.78, 5) is 13.3. The van der Waals surface area contributed by atoms with E-state index < -0.39 is 12.1 Å². The quantitative estimate of drug-likeness (QED) is 0.520. The minimum Gasteiger partial charge on any atom is -0.492 e. The summed E-state index contributed by atoms with van der Waals surface area (Å²) in [5.74, 6) is 0.858. The highest BCUT2D eigenvalue weighted by atomic mass is 16.5. The summed E-state index contributed by atoms with van der Waals surface area (Å²) in [5, 5.41) is 9.25. The van der Waals surface area contributed by atoms with Gasteiger partial charge in [-0.2, -0.15) is 0 Å². The maximum absolute atomic E-state index is 11.3. The zero-order valence-corrected chi connectivity index (χ0v) is 17.2. The molecule has 0 aromatic heterocycles. The molecule has 3 aromatic carbocycles. The second kappa shape index (κ2) is 9.53. The van der Waals surface area contributed by atoms with E-state index in [-0.39, 0.29) is 0 Å². The van der Waals surface area contributed by atoms with Crippen LogP contribution in [0.4, 0.5) is 11.4 Å². The van der Waals surface area contributed by atoms with Crippen LogP contribution in [0.25, 0.3) is 0 Å². The monoisotopic (exact) mass is 423 g/mol. The number of anilines is 2. The van der Waals surface area contributed by atoms with E-state index in [1.54, 1.807) is 31.2 Å². The van der Waals surface area contributed by atoms with Crippen molar-refractivity contribution in [2.75, 3.05) is 24.7 Å². The SMILES string of the molecule is [3H]c1ccc2c(c1)Oc1cc([3H])ccc1N2CCOc1ccc(C[C@H](OCC)C(=O)O)cc1. The second-order valence-electron chi connectivity index (χ2n) is 7.02. The summed E-state index contributed by atoms with van der Waals surface area (Å²) in [6.45, 7) is 3.04. The zero-order valence-electron chi connectivity index (χ0n) is 19.2. The molecular formula is C25H25NO5. The number of fused-ring (bicyclic) bond motifs is 2. The van der Waals surface area contributed by atoms with Crippen molar-refractivity contribution in [1.82, 2.24) is 0 Å². The molecule has 1 heterocycles. The average Bonchev–Trinajstić information content (AvgIpc) is 2.79. The van der Waals surface area contributed by atoms with Crippen LogP contribution in [0.3, 0.4) is 0 Å². The molecule has 4 rings (SSSR count). The highest BCUT2D eigenvalue weighted by Crippen LogP contribution is 2.45. The normalized spacial score (nSPS) is 13.9. The zero-order chi connectivity index (χ0) is 23.4. The maximum atomic E-state index is 11.3. The van der Waals surface area contributed by atoms with E-state index in [1.165, 1.54) is 0 Å². The molecule has 1 atom stereocenters. The number of aliphatic carboxylic acids is 1. The standard InChI is InChI=1S/C25H25NO5/c1-2-29-24(25(27)28)17-18-11-13-19(14-12-18)30-16-15-26-20-7-3-5-9-22(20)31-23-10-6-4-8-21(23)26/h3-14,24H,2,15-17H2,1H3,(H,27,28)/t24-/m0/s1/i5T,6T. The molecule has 0 bridgehead atoms. The molecule has 0 saturated carbocycles. The minimum atomic E-state index is -0.974. The van der Waals surface area contributed by atoms with Gasteiger partial charge in [-0.25, -0.2) is 4.79 Å². The third-order valence-corrected chi connectivity index (χ3v) is 4.98. The number of nitrogens with zero attached hydrogens (tertiary/aromatic N) is 1. The molecule has 0 fully saturated rings. The van der Waals surface area contributed by atoms with E-state index in [0.717, 1.165) is 16.9 Å². The predicted molar refractivity (Wildman–Crippen MR) is 119 cm³/mol. The third kappa shape index (κ3) is 4.81. The molecule has 0 spiro atoms. The van der Waals surface area contributed by atoms with E-state index in [0.29, 0.717) is 55.5 Å². The van der Waals surface area contributed by atoms with Gasteiger partial charge < -0.3 is 24.2 Å². The van der Waals surface area contributed by atoms with Crippen molar-refractivity contribution < 1.29 is 26.9 Å². The first-order valence-corrected chi connectivity index (χ1v) is 10.2. The van der Waals surface area contributed by atoms with Crippen molar-refractivity contribution >= 4 is 17.3 Å². The Morgan fingerprint density at radius 3 is 2.29 bits per heavy atom. The van der Waals surface area contributed by atoms with Gasteiger partial charge in [0.2, 0.25) is 0 Å². The Bertz CT molecular complexity index is 1080. The molecule has 1 aliphatic heterocycles. The topological polar surface area (TPSA) is 68.2 Å². The minimum absolute atomic E-state index is 0.292. The van der Waals surface area contributed by atoms with Crippen molar-refractivity contribution in [3.8, 4) is 17.2 Å². The van der Waals surface area contributed by atoms with Crippen molar-refractivity contribution in [2.45, 2.75) is 19.4 Å². The number of benzene rings is 3. The number of carbonyl (C=O) groups is 1. The summed E-state index contributed by atoms with van der Waals surface area (Å²) in [7, 11) is 0. The number of hydrogen-bond acceptors (Lipinski definition) is 5. The van der Waals surface area contributed by atoms with E-state index >= 15 is 0 Å². The lowest BCUT2D eigenvalue weighted by Gasteiger charge is -2.32. The Morgan fingerprint density at radius 2 is 1.71 bits per heavy atom. The van der Waals surface area contributed by atoms with Crippen molar-refractivity contribution in [2.24, 2.45) is 0 Å². The predicted octanol–water partition coefficient (Wildman–Crippen LogP) is 5.04. The number of carboxylic acid groups (broad SMARTS) is 1. The van der Waals surface area contributed by atoms with Gasteiger partial charge in [-0.15, -0.1) is 0 Å². The molecule has 6 heteroatoms. The lowest BCUT2D eigenvalue weighted by Crippen LogP contribution is -2.26. The molecule has 0 radical (unpaired) electrons. The average molecular weight is 423 g/mol. The van der Waals surface area contributed by atoms with Gasteiger partial charge in [-0.3, -0.25) is 0 Å². The van der Waals surface area contributed by atoms with E-state index in [4.69, 9.17) is 17.0 Å². The first-order chi connectivity index (χ1) is 15.9. The molecular weight excluding hydrogens is 394 g/mol. The highest BCUT2D eigenvalue weighted by molar-refractivity contribution is 5.77. The fraction of sp³-hybridized carbons (Fsp3) is 0.240. The Kier molecular flexibility index (Phi) is 5.62. The molecule has 0 unspecified atom stereocenters. The number of hydrogen-bond donors (Lipinski definition) is 1. The summed E-state index contributed by atoms with van der Waals surface area (Å²) in [5.41, 5.74) is 2.54. The third-order valence-electron chi connectivity index (χ3n) is 4.98. The fourth-order valence-electron chi connectivity index (χ4n) is 3.52. The van der Waals surface area contributed by atoms with Gasteiger partial charge in [-0.05, 0) is 48.9 Å². The van der Waals surface area contributed by atoms with Crippen LogP contribution < -0.4 is 14.4 Å². The van der Waals surface area contributed by atoms with Gasteiger partial charge in [-0.1, -0.05) is 36.4 Å². The second-order valence-corrected chi connectivity index (χ2v) is 7.02.